The molecule has 53 heavy (non-hydrogen) atoms. The fourth-order valence-electron chi connectivity index (χ4n) is 7.08. The molecule has 1 N–H and O–H groups in total. The number of unbranched alkanes of at least 4 members (excludes halogenated alkanes) is 16. The molecule has 0 saturated carbocycles. The third-order valence-corrected chi connectivity index (χ3v) is 10.1. The number of allylic oxidation sites excluding steroid dienone is 2. The van der Waals surface area contributed by atoms with Crippen LogP contribution in [0, 0.1) is 17.8 Å². The first-order valence-electron chi connectivity index (χ1n) is 22.2. The molecule has 310 valence electrons. The van der Waals surface area contributed by atoms with E-state index in [0.29, 0.717) is 50.2 Å². The van der Waals surface area contributed by atoms with E-state index in [1.54, 1.807) is 0 Å². The Morgan fingerprint density at radius 2 is 1.04 bits per heavy atom. The minimum atomic E-state index is -0.0932. The number of rotatable bonds is 38. The van der Waals surface area contributed by atoms with Crippen LogP contribution >= 0.6 is 0 Å². The highest BCUT2D eigenvalue weighted by Crippen LogP contribution is 2.23. The van der Waals surface area contributed by atoms with Gasteiger partial charge in [0.1, 0.15) is 13.2 Å². The molecule has 7 heteroatoms. The average molecular weight is 747 g/mol. The van der Waals surface area contributed by atoms with Crippen molar-refractivity contribution in [3.8, 4) is 0 Å². The lowest BCUT2D eigenvalue weighted by atomic mass is 9.91. The topological polar surface area (TPSA) is 84.9 Å². The van der Waals surface area contributed by atoms with Crippen LogP contribution in [-0.2, 0) is 23.9 Å². The Kier molecular flexibility index (Phi) is 36.6. The summed E-state index contributed by atoms with van der Waals surface area (Å²) >= 11 is 0. The summed E-state index contributed by atoms with van der Waals surface area (Å²) in [5.41, 5.74) is 0. The number of carbonyl (C=O) groups is 3. The number of hydrogen-bond acceptors (Lipinski definition) is 6. The largest absolute Gasteiger partial charge is 0.461 e. The molecule has 0 radical (unpaired) electrons. The Balaban J connectivity index is 4.39. The van der Waals surface area contributed by atoms with Crippen LogP contribution in [0.2, 0.25) is 0 Å². The van der Waals surface area contributed by atoms with Gasteiger partial charge in [-0.05, 0) is 89.6 Å². The van der Waals surface area contributed by atoms with Crippen molar-refractivity contribution in [2.24, 2.45) is 17.8 Å². The highest BCUT2D eigenvalue weighted by Gasteiger charge is 2.16. The molecule has 1 amide bonds. The third-order valence-electron chi connectivity index (χ3n) is 10.1. The molecular formula is C46H86N2O5. The quantitative estimate of drug-likeness (QED) is 0.0385. The summed E-state index contributed by atoms with van der Waals surface area (Å²) in [4.78, 5) is 39.4. The molecule has 0 fully saturated rings. The van der Waals surface area contributed by atoms with Crippen molar-refractivity contribution in [1.29, 1.82) is 0 Å². The number of carbonyl (C=O) groups excluding carboxylic acids is 3. The van der Waals surface area contributed by atoms with E-state index >= 15 is 0 Å². The Morgan fingerprint density at radius 3 is 1.51 bits per heavy atom. The standard InChI is InChI=1S/C46H86N2O5/c1-7-9-11-13-15-23-29-35-52-45(50)33-27-21-17-19-25-31-43(38-44(49)47-39-41(3)37-42(4)40-48(5)6)32-26-20-18-22-28-34-46(51)53-36-30-24-16-14-12-10-8-2/h23-24,29-30,41-43H,7-22,25-28,31-40H2,1-6H3,(H,47,49)/b29-23-,30-24-. The van der Waals surface area contributed by atoms with Gasteiger partial charge in [-0.25, -0.2) is 0 Å². The van der Waals surface area contributed by atoms with Crippen LogP contribution in [0.3, 0.4) is 0 Å². The maximum Gasteiger partial charge on any atom is 0.306 e. The van der Waals surface area contributed by atoms with Crippen molar-refractivity contribution < 1.29 is 23.9 Å². The van der Waals surface area contributed by atoms with Crippen LogP contribution in [0.4, 0.5) is 0 Å². The Labute approximate surface area is 328 Å². The first kappa shape index (κ1) is 50.9. The lowest BCUT2D eigenvalue weighted by Crippen LogP contribution is -2.31. The van der Waals surface area contributed by atoms with E-state index < -0.39 is 0 Å². The molecular weight excluding hydrogens is 661 g/mol. The van der Waals surface area contributed by atoms with Crippen molar-refractivity contribution >= 4 is 17.8 Å². The van der Waals surface area contributed by atoms with Crippen LogP contribution < -0.4 is 5.32 Å². The molecule has 2 unspecified atom stereocenters. The monoisotopic (exact) mass is 747 g/mol. The van der Waals surface area contributed by atoms with Gasteiger partial charge in [0.15, 0.2) is 0 Å². The van der Waals surface area contributed by atoms with E-state index in [0.717, 1.165) is 109 Å². The molecule has 0 aromatic carbocycles. The van der Waals surface area contributed by atoms with Gasteiger partial charge < -0.3 is 19.7 Å². The van der Waals surface area contributed by atoms with Gasteiger partial charge in [-0.3, -0.25) is 14.4 Å². The Bertz CT molecular complexity index is 866. The SMILES string of the molecule is CCCCCC/C=C\COC(=O)CCCCCCCC(CCCCCCCC(=O)OC/C=C\CCCCCC)CC(=O)NCC(C)CC(C)CN(C)C. The molecule has 0 heterocycles. The van der Waals surface area contributed by atoms with Crippen LogP contribution in [0.5, 0.6) is 0 Å². The van der Waals surface area contributed by atoms with Gasteiger partial charge in [0.05, 0.1) is 0 Å². The molecule has 0 bridgehead atoms. The van der Waals surface area contributed by atoms with Crippen molar-refractivity contribution in [2.75, 3.05) is 40.4 Å². The molecule has 0 aliphatic carbocycles. The van der Waals surface area contributed by atoms with E-state index in [4.69, 9.17) is 9.47 Å². The summed E-state index contributed by atoms with van der Waals surface area (Å²) in [6.07, 6.45) is 35.9. The zero-order valence-corrected chi connectivity index (χ0v) is 35.7. The maximum absolute atomic E-state index is 13.0. The summed E-state index contributed by atoms with van der Waals surface area (Å²) in [7, 11) is 4.23. The molecule has 0 spiro atoms. The number of nitrogens with zero attached hydrogens (tertiary/aromatic N) is 1. The summed E-state index contributed by atoms with van der Waals surface area (Å²) in [5.74, 6) is 1.49. The number of nitrogens with one attached hydrogen (secondary N) is 1. The van der Waals surface area contributed by atoms with E-state index in [-0.39, 0.29) is 17.8 Å². The Hall–Kier alpha value is -2.15. The molecule has 0 aromatic rings. The molecule has 0 rings (SSSR count). The summed E-state index contributed by atoms with van der Waals surface area (Å²) < 4.78 is 10.7. The predicted octanol–water partition coefficient (Wildman–Crippen LogP) is 11.9. The third kappa shape index (κ3) is 37.9. The van der Waals surface area contributed by atoms with E-state index in [1.807, 2.05) is 12.2 Å². The fraction of sp³-hybridized carbons (Fsp3) is 0.848. The van der Waals surface area contributed by atoms with E-state index in [9.17, 15) is 14.4 Å². The predicted molar refractivity (Wildman–Crippen MR) is 225 cm³/mol. The zero-order valence-electron chi connectivity index (χ0n) is 35.7. The number of amides is 1. The lowest BCUT2D eigenvalue weighted by Gasteiger charge is -2.21. The molecule has 2 atom stereocenters. The van der Waals surface area contributed by atoms with E-state index in [2.05, 4.69) is 64.2 Å². The number of esters is 2. The van der Waals surface area contributed by atoms with Crippen molar-refractivity contribution in [3.05, 3.63) is 24.3 Å². The molecule has 0 aliphatic heterocycles. The first-order valence-corrected chi connectivity index (χ1v) is 22.2. The minimum Gasteiger partial charge on any atom is -0.461 e. The van der Waals surface area contributed by atoms with Gasteiger partial charge in [-0.2, -0.15) is 0 Å². The van der Waals surface area contributed by atoms with Crippen molar-refractivity contribution in [2.45, 2.75) is 195 Å². The van der Waals surface area contributed by atoms with Crippen molar-refractivity contribution in [3.63, 3.8) is 0 Å². The van der Waals surface area contributed by atoms with Gasteiger partial charge in [0.25, 0.3) is 0 Å². The molecule has 7 nitrogen and oxygen atoms in total. The van der Waals surface area contributed by atoms with Crippen LogP contribution in [0.15, 0.2) is 24.3 Å². The van der Waals surface area contributed by atoms with Crippen LogP contribution in [0.25, 0.3) is 0 Å². The second-order valence-electron chi connectivity index (χ2n) is 16.2. The second-order valence-corrected chi connectivity index (χ2v) is 16.2. The highest BCUT2D eigenvalue weighted by molar-refractivity contribution is 5.76. The molecule has 0 saturated heterocycles. The van der Waals surface area contributed by atoms with Gasteiger partial charge >= 0.3 is 11.9 Å². The maximum atomic E-state index is 13.0. The summed E-state index contributed by atoms with van der Waals surface area (Å²) in [6.45, 7) is 11.6. The lowest BCUT2D eigenvalue weighted by molar-refractivity contribution is -0.143. The van der Waals surface area contributed by atoms with Gasteiger partial charge in [-0.15, -0.1) is 0 Å². The summed E-state index contributed by atoms with van der Waals surface area (Å²) in [6, 6.07) is 0. The average Bonchev–Trinajstić information content (AvgIpc) is 3.11. The number of hydrogen-bond donors (Lipinski definition) is 1. The smallest absolute Gasteiger partial charge is 0.306 e. The fourth-order valence-corrected chi connectivity index (χ4v) is 7.08. The van der Waals surface area contributed by atoms with Crippen LogP contribution in [0.1, 0.15) is 195 Å². The van der Waals surface area contributed by atoms with E-state index in [1.165, 1.54) is 51.4 Å². The first-order chi connectivity index (χ1) is 25.7. The molecule has 0 aliphatic rings. The zero-order chi connectivity index (χ0) is 39.2. The normalized spacial score (nSPS) is 13.0. The van der Waals surface area contributed by atoms with Gasteiger partial charge in [-0.1, -0.05) is 142 Å². The highest BCUT2D eigenvalue weighted by atomic mass is 16.5. The number of ether oxygens (including phenoxy) is 2. The minimum absolute atomic E-state index is 0.0932. The van der Waals surface area contributed by atoms with Crippen LogP contribution in [-0.4, -0.2) is 63.1 Å². The summed E-state index contributed by atoms with van der Waals surface area (Å²) in [5, 5.41) is 3.24. The van der Waals surface area contributed by atoms with Gasteiger partial charge in [0.2, 0.25) is 5.91 Å². The molecule has 0 aromatic heterocycles. The second kappa shape index (κ2) is 38.1. The Morgan fingerprint density at radius 1 is 0.585 bits per heavy atom. The van der Waals surface area contributed by atoms with Gasteiger partial charge in [0, 0.05) is 32.4 Å². The van der Waals surface area contributed by atoms with Crippen molar-refractivity contribution in [1.82, 2.24) is 10.2 Å².